The predicted molar refractivity (Wildman–Crippen MR) is 82.0 cm³/mol. The Kier molecular flexibility index (Phi) is 6.87. The van der Waals surface area contributed by atoms with Crippen LogP contribution in [0.3, 0.4) is 0 Å². The summed E-state index contributed by atoms with van der Waals surface area (Å²) in [5.41, 5.74) is 1.37. The molecular weight excluding hydrogens is 300 g/mol. The van der Waals surface area contributed by atoms with Crippen LogP contribution in [0.2, 0.25) is 0 Å². The van der Waals surface area contributed by atoms with E-state index in [4.69, 9.17) is 5.11 Å². The Labute approximate surface area is 132 Å². The first-order chi connectivity index (χ1) is 11.0. The van der Waals surface area contributed by atoms with Crippen LogP contribution in [-0.2, 0) is 4.74 Å². The van der Waals surface area contributed by atoms with Crippen molar-refractivity contribution >= 4 is 24.5 Å². The number of methoxy groups -OCH3 is 1. The standard InChI is InChI=1S/C9H8O3.C8H6O3/c1-12-9(11)8-4-2-3-7(5-8)6-10;9-5-6-2-1-3-7(4-6)8(10)11/h2-6H,1H3;1-5H,(H,10,11). The second-order valence-corrected chi connectivity index (χ2v) is 4.28. The highest BCUT2D eigenvalue weighted by atomic mass is 16.5. The van der Waals surface area contributed by atoms with Gasteiger partial charge >= 0.3 is 11.9 Å². The third kappa shape index (κ3) is 5.55. The molecule has 0 heterocycles. The molecule has 0 saturated carbocycles. The highest BCUT2D eigenvalue weighted by Gasteiger charge is 2.04. The summed E-state index contributed by atoms with van der Waals surface area (Å²) >= 11 is 0. The zero-order chi connectivity index (χ0) is 17.2. The van der Waals surface area contributed by atoms with Crippen molar-refractivity contribution in [3.63, 3.8) is 0 Å². The average Bonchev–Trinajstić information content (AvgIpc) is 2.61. The van der Waals surface area contributed by atoms with E-state index in [0.717, 1.165) is 0 Å². The molecular formula is C17H14O6. The number of carboxylic acid groups (broad SMARTS) is 1. The number of rotatable bonds is 4. The van der Waals surface area contributed by atoms with E-state index in [-0.39, 0.29) is 5.56 Å². The minimum Gasteiger partial charge on any atom is -0.478 e. The number of carbonyl (C=O) groups excluding carboxylic acids is 3. The molecule has 0 aliphatic rings. The van der Waals surface area contributed by atoms with Gasteiger partial charge in [-0.3, -0.25) is 9.59 Å². The molecule has 2 rings (SSSR count). The number of benzene rings is 2. The summed E-state index contributed by atoms with van der Waals surface area (Å²) in [6, 6.07) is 12.2. The van der Waals surface area contributed by atoms with E-state index in [1.807, 2.05) is 0 Å². The fourth-order valence-corrected chi connectivity index (χ4v) is 1.60. The topological polar surface area (TPSA) is 97.7 Å². The summed E-state index contributed by atoms with van der Waals surface area (Å²) in [5, 5.41) is 8.49. The highest BCUT2D eigenvalue weighted by molar-refractivity contribution is 5.91. The van der Waals surface area contributed by atoms with E-state index < -0.39 is 11.9 Å². The number of hydrogen-bond donors (Lipinski definition) is 1. The maximum absolute atomic E-state index is 10.9. The zero-order valence-electron chi connectivity index (χ0n) is 12.3. The summed E-state index contributed by atoms with van der Waals surface area (Å²) in [6.45, 7) is 0. The molecule has 0 aliphatic carbocycles. The van der Waals surface area contributed by atoms with Gasteiger partial charge in [-0.05, 0) is 24.3 Å². The number of aromatic carboxylic acids is 1. The lowest BCUT2D eigenvalue weighted by Gasteiger charge is -1.98. The van der Waals surface area contributed by atoms with Crippen LogP contribution in [0.15, 0.2) is 48.5 Å². The second-order valence-electron chi connectivity index (χ2n) is 4.28. The van der Waals surface area contributed by atoms with Crippen LogP contribution in [-0.4, -0.2) is 36.7 Å². The van der Waals surface area contributed by atoms with Crippen LogP contribution in [0.1, 0.15) is 41.4 Å². The van der Waals surface area contributed by atoms with Gasteiger partial charge < -0.3 is 9.84 Å². The number of carbonyl (C=O) groups is 4. The summed E-state index contributed by atoms with van der Waals surface area (Å²) < 4.78 is 4.48. The average molecular weight is 314 g/mol. The van der Waals surface area contributed by atoms with Gasteiger partial charge in [0, 0.05) is 11.1 Å². The molecule has 6 heteroatoms. The van der Waals surface area contributed by atoms with E-state index in [1.165, 1.54) is 31.4 Å². The molecule has 0 saturated heterocycles. The van der Waals surface area contributed by atoms with Crippen molar-refractivity contribution in [2.24, 2.45) is 0 Å². The number of ether oxygens (including phenoxy) is 1. The van der Waals surface area contributed by atoms with Gasteiger partial charge in [0.15, 0.2) is 0 Å². The Morgan fingerprint density at radius 2 is 1.39 bits per heavy atom. The number of hydrogen-bond acceptors (Lipinski definition) is 5. The molecule has 23 heavy (non-hydrogen) atoms. The van der Waals surface area contributed by atoms with Crippen molar-refractivity contribution < 1.29 is 29.0 Å². The van der Waals surface area contributed by atoms with Crippen LogP contribution < -0.4 is 0 Å². The lowest BCUT2D eigenvalue weighted by Crippen LogP contribution is -2.01. The SMILES string of the molecule is COC(=O)c1cccc(C=O)c1.O=Cc1cccc(C(=O)O)c1. The smallest absolute Gasteiger partial charge is 0.337 e. The molecule has 0 fully saturated rings. The summed E-state index contributed by atoms with van der Waals surface area (Å²) in [7, 11) is 1.30. The molecule has 2 aromatic carbocycles. The van der Waals surface area contributed by atoms with Crippen LogP contribution in [0.25, 0.3) is 0 Å². The molecule has 0 bridgehead atoms. The Hall–Kier alpha value is -3.28. The van der Waals surface area contributed by atoms with Gasteiger partial charge in [-0.15, -0.1) is 0 Å². The van der Waals surface area contributed by atoms with Gasteiger partial charge in [0.25, 0.3) is 0 Å². The van der Waals surface area contributed by atoms with Crippen molar-refractivity contribution in [2.45, 2.75) is 0 Å². The zero-order valence-corrected chi connectivity index (χ0v) is 12.3. The van der Waals surface area contributed by atoms with Crippen LogP contribution >= 0.6 is 0 Å². The van der Waals surface area contributed by atoms with Gasteiger partial charge in [0.1, 0.15) is 12.6 Å². The quantitative estimate of drug-likeness (QED) is 0.687. The summed E-state index contributed by atoms with van der Waals surface area (Å²) in [4.78, 5) is 41.8. The molecule has 0 spiro atoms. The Morgan fingerprint density at radius 1 is 0.913 bits per heavy atom. The highest BCUT2D eigenvalue weighted by Crippen LogP contribution is 2.04. The number of carboxylic acids is 1. The number of esters is 1. The first-order valence-corrected chi connectivity index (χ1v) is 6.44. The normalized spacial score (nSPS) is 9.09. The predicted octanol–water partition coefficient (Wildman–Crippen LogP) is 2.48. The maximum Gasteiger partial charge on any atom is 0.337 e. The minimum absolute atomic E-state index is 0.134. The molecule has 2 aromatic rings. The van der Waals surface area contributed by atoms with Crippen molar-refractivity contribution in [1.29, 1.82) is 0 Å². The third-order valence-corrected chi connectivity index (χ3v) is 2.71. The third-order valence-electron chi connectivity index (χ3n) is 2.71. The van der Waals surface area contributed by atoms with Gasteiger partial charge in [0.2, 0.25) is 0 Å². The molecule has 0 aromatic heterocycles. The summed E-state index contributed by atoms with van der Waals surface area (Å²) in [5.74, 6) is -1.45. The van der Waals surface area contributed by atoms with Crippen LogP contribution in [0.5, 0.6) is 0 Å². The van der Waals surface area contributed by atoms with Crippen molar-refractivity contribution in [1.82, 2.24) is 0 Å². The maximum atomic E-state index is 10.9. The van der Waals surface area contributed by atoms with E-state index in [2.05, 4.69) is 4.74 Å². The minimum atomic E-state index is -1.02. The lowest BCUT2D eigenvalue weighted by atomic mass is 10.1. The molecule has 1 N–H and O–H groups in total. The summed E-state index contributed by atoms with van der Waals surface area (Å²) in [6.07, 6.45) is 1.30. The molecule has 6 nitrogen and oxygen atoms in total. The largest absolute Gasteiger partial charge is 0.478 e. The van der Waals surface area contributed by atoms with E-state index in [0.29, 0.717) is 29.3 Å². The van der Waals surface area contributed by atoms with E-state index in [1.54, 1.807) is 24.3 Å². The first kappa shape index (κ1) is 17.8. The Morgan fingerprint density at radius 3 is 1.83 bits per heavy atom. The lowest BCUT2D eigenvalue weighted by molar-refractivity contribution is 0.0599. The van der Waals surface area contributed by atoms with Gasteiger partial charge in [0.05, 0.1) is 18.2 Å². The molecule has 0 unspecified atom stereocenters. The fraction of sp³-hybridized carbons (Fsp3) is 0.0588. The monoisotopic (exact) mass is 314 g/mol. The van der Waals surface area contributed by atoms with E-state index >= 15 is 0 Å². The van der Waals surface area contributed by atoms with Crippen LogP contribution in [0, 0.1) is 0 Å². The van der Waals surface area contributed by atoms with Gasteiger partial charge in [-0.1, -0.05) is 24.3 Å². The Bertz CT molecular complexity index is 721. The van der Waals surface area contributed by atoms with Crippen molar-refractivity contribution in [3.8, 4) is 0 Å². The molecule has 118 valence electrons. The van der Waals surface area contributed by atoms with Gasteiger partial charge in [-0.25, -0.2) is 9.59 Å². The molecule has 0 amide bonds. The Balaban J connectivity index is 0.000000231. The molecule has 0 aliphatic heterocycles. The molecule has 0 atom stereocenters. The fourth-order valence-electron chi connectivity index (χ4n) is 1.60. The van der Waals surface area contributed by atoms with Crippen LogP contribution in [0.4, 0.5) is 0 Å². The van der Waals surface area contributed by atoms with E-state index in [9.17, 15) is 19.2 Å². The number of aldehydes is 2. The van der Waals surface area contributed by atoms with Crippen molar-refractivity contribution in [3.05, 3.63) is 70.8 Å². The van der Waals surface area contributed by atoms with Gasteiger partial charge in [-0.2, -0.15) is 0 Å². The van der Waals surface area contributed by atoms with Crippen molar-refractivity contribution in [2.75, 3.05) is 7.11 Å². The molecule has 0 radical (unpaired) electrons. The second kappa shape index (κ2) is 8.89. The first-order valence-electron chi connectivity index (χ1n) is 6.44.